The van der Waals surface area contributed by atoms with E-state index >= 15 is 0 Å². The summed E-state index contributed by atoms with van der Waals surface area (Å²) in [5.41, 5.74) is -0.345. The minimum atomic E-state index is -0.345. The lowest BCUT2D eigenvalue weighted by atomic mass is 9.83. The number of hydrogen-bond acceptors (Lipinski definition) is 3. The summed E-state index contributed by atoms with van der Waals surface area (Å²) in [6.07, 6.45) is 4.08. The van der Waals surface area contributed by atoms with E-state index in [0.717, 1.165) is 35.9 Å². The van der Waals surface area contributed by atoms with Gasteiger partial charge in [0.15, 0.2) is 0 Å². The number of rotatable bonds is 5. The molecule has 5 heteroatoms. The minimum absolute atomic E-state index is 0.106. The number of halogens is 1. The first-order valence-corrected chi connectivity index (χ1v) is 10.0. The van der Waals surface area contributed by atoms with Gasteiger partial charge in [0.2, 0.25) is 5.91 Å². The van der Waals surface area contributed by atoms with Gasteiger partial charge in [0.1, 0.15) is 12.4 Å². The number of ether oxygens (including phenoxy) is 1. The highest BCUT2D eigenvalue weighted by atomic mass is 79.9. The van der Waals surface area contributed by atoms with Crippen LogP contribution in [0.3, 0.4) is 0 Å². The van der Waals surface area contributed by atoms with Gasteiger partial charge in [-0.25, -0.2) is 0 Å². The molecular formula is C20H20BrNO2S. The highest BCUT2D eigenvalue weighted by Gasteiger charge is 2.43. The standard InChI is InChI=1S/C20H20BrNO2S/c21-16-7-5-8-17(15-16)24-13-4-3-12-22-19(23)20(10-1-2-11-20)18-9-6-14-25-18/h5-9,14-15H,1-2,10-13H2,(H,22,23). The Hall–Kier alpha value is -1.77. The van der Waals surface area contributed by atoms with Crippen molar-refractivity contribution in [2.45, 2.75) is 31.1 Å². The van der Waals surface area contributed by atoms with E-state index in [9.17, 15) is 4.79 Å². The summed E-state index contributed by atoms with van der Waals surface area (Å²) >= 11 is 5.08. The SMILES string of the molecule is O=C(NCC#CCOc1cccc(Br)c1)C1(c2cccs2)CCCC1. The molecule has 0 radical (unpaired) electrons. The third-order valence-corrected chi connectivity index (χ3v) is 6.02. The Balaban J connectivity index is 1.49. The first-order chi connectivity index (χ1) is 12.2. The monoisotopic (exact) mass is 417 g/mol. The van der Waals surface area contributed by atoms with Crippen LogP contribution < -0.4 is 10.1 Å². The minimum Gasteiger partial charge on any atom is -0.481 e. The highest BCUT2D eigenvalue weighted by molar-refractivity contribution is 9.10. The Labute approximate surface area is 160 Å². The molecule has 0 unspecified atom stereocenters. The number of benzene rings is 1. The van der Waals surface area contributed by atoms with Crippen LogP contribution in [0.4, 0.5) is 0 Å². The molecular weight excluding hydrogens is 398 g/mol. The van der Waals surface area contributed by atoms with Crippen molar-refractivity contribution in [1.82, 2.24) is 5.32 Å². The van der Waals surface area contributed by atoms with E-state index in [4.69, 9.17) is 4.74 Å². The van der Waals surface area contributed by atoms with Gasteiger partial charge in [-0.3, -0.25) is 4.79 Å². The van der Waals surface area contributed by atoms with Gasteiger partial charge in [-0.05, 0) is 42.5 Å². The average Bonchev–Trinajstić information content (AvgIpc) is 3.29. The van der Waals surface area contributed by atoms with Crippen LogP contribution in [0.2, 0.25) is 0 Å². The Kier molecular flexibility index (Phi) is 6.17. The maximum Gasteiger partial charge on any atom is 0.232 e. The Morgan fingerprint density at radius 1 is 1.24 bits per heavy atom. The molecule has 1 N–H and O–H groups in total. The largest absolute Gasteiger partial charge is 0.481 e. The van der Waals surface area contributed by atoms with E-state index in [0.29, 0.717) is 13.2 Å². The Morgan fingerprint density at radius 3 is 2.80 bits per heavy atom. The number of nitrogens with one attached hydrogen (secondary N) is 1. The summed E-state index contributed by atoms with van der Waals surface area (Å²) in [6.45, 7) is 0.663. The molecule has 25 heavy (non-hydrogen) atoms. The summed E-state index contributed by atoms with van der Waals surface area (Å²) in [6, 6.07) is 11.7. The fraction of sp³-hybridized carbons (Fsp3) is 0.350. The molecule has 1 aliphatic rings. The average molecular weight is 418 g/mol. The molecule has 1 aliphatic carbocycles. The second kappa shape index (κ2) is 8.55. The van der Waals surface area contributed by atoms with Gasteiger partial charge in [0.25, 0.3) is 0 Å². The van der Waals surface area contributed by atoms with E-state index in [1.807, 2.05) is 35.7 Å². The predicted molar refractivity (Wildman–Crippen MR) is 105 cm³/mol. The molecule has 0 atom stereocenters. The maximum atomic E-state index is 12.7. The first-order valence-electron chi connectivity index (χ1n) is 8.37. The second-order valence-electron chi connectivity index (χ2n) is 6.05. The van der Waals surface area contributed by atoms with Crippen LogP contribution in [0.15, 0.2) is 46.3 Å². The Bertz CT molecular complexity index is 770. The molecule has 0 bridgehead atoms. The zero-order valence-electron chi connectivity index (χ0n) is 13.9. The summed E-state index contributed by atoms with van der Waals surface area (Å²) in [5.74, 6) is 6.80. The fourth-order valence-electron chi connectivity index (χ4n) is 3.20. The normalized spacial score (nSPS) is 15.2. The third kappa shape index (κ3) is 4.45. The third-order valence-electron chi connectivity index (χ3n) is 4.45. The van der Waals surface area contributed by atoms with Gasteiger partial charge in [-0.15, -0.1) is 11.3 Å². The van der Waals surface area contributed by atoms with Gasteiger partial charge < -0.3 is 10.1 Å². The van der Waals surface area contributed by atoms with Gasteiger partial charge >= 0.3 is 0 Å². The molecule has 0 spiro atoms. The molecule has 1 aromatic carbocycles. The van der Waals surface area contributed by atoms with Crippen molar-refractivity contribution < 1.29 is 9.53 Å². The van der Waals surface area contributed by atoms with E-state index in [1.54, 1.807) is 11.3 Å². The Morgan fingerprint density at radius 2 is 2.08 bits per heavy atom. The lowest BCUT2D eigenvalue weighted by molar-refractivity contribution is -0.126. The molecule has 3 rings (SSSR count). The zero-order chi connectivity index (χ0) is 17.5. The molecule has 0 saturated heterocycles. The van der Waals surface area contributed by atoms with E-state index in [2.05, 4.69) is 39.2 Å². The van der Waals surface area contributed by atoms with Crippen molar-refractivity contribution >= 4 is 33.2 Å². The molecule has 0 aliphatic heterocycles. The van der Waals surface area contributed by atoms with Crippen molar-refractivity contribution in [2.75, 3.05) is 13.2 Å². The second-order valence-corrected chi connectivity index (χ2v) is 7.91. The van der Waals surface area contributed by atoms with Crippen LogP contribution in [-0.4, -0.2) is 19.1 Å². The summed E-state index contributed by atoms with van der Waals surface area (Å²) in [7, 11) is 0. The summed E-state index contributed by atoms with van der Waals surface area (Å²) < 4.78 is 6.53. The van der Waals surface area contributed by atoms with Crippen LogP contribution in [0.1, 0.15) is 30.6 Å². The zero-order valence-corrected chi connectivity index (χ0v) is 16.3. The van der Waals surface area contributed by atoms with Crippen molar-refractivity contribution in [3.05, 3.63) is 51.1 Å². The lowest BCUT2D eigenvalue weighted by Crippen LogP contribution is -2.42. The molecule has 130 valence electrons. The van der Waals surface area contributed by atoms with Crippen LogP contribution in [0.25, 0.3) is 0 Å². The van der Waals surface area contributed by atoms with Gasteiger partial charge in [0.05, 0.1) is 12.0 Å². The molecule has 1 saturated carbocycles. The van der Waals surface area contributed by atoms with Crippen molar-refractivity contribution in [2.24, 2.45) is 0 Å². The maximum absolute atomic E-state index is 12.7. The number of carbonyl (C=O) groups excluding carboxylic acids is 1. The molecule has 1 aromatic heterocycles. The summed E-state index contributed by atoms with van der Waals surface area (Å²) in [5, 5.41) is 5.04. The van der Waals surface area contributed by atoms with E-state index in [-0.39, 0.29) is 11.3 Å². The first kappa shape index (κ1) is 18.0. The smallest absolute Gasteiger partial charge is 0.232 e. The summed E-state index contributed by atoms with van der Waals surface area (Å²) in [4.78, 5) is 13.9. The molecule has 2 aromatic rings. The van der Waals surface area contributed by atoms with Gasteiger partial charge in [-0.2, -0.15) is 0 Å². The molecule has 3 nitrogen and oxygen atoms in total. The quantitative estimate of drug-likeness (QED) is 0.726. The highest BCUT2D eigenvalue weighted by Crippen LogP contribution is 2.43. The van der Waals surface area contributed by atoms with Gasteiger partial charge in [-0.1, -0.05) is 52.7 Å². The molecule has 1 heterocycles. The van der Waals surface area contributed by atoms with E-state index < -0.39 is 0 Å². The molecule has 1 amide bonds. The number of hydrogen-bond donors (Lipinski definition) is 1. The van der Waals surface area contributed by atoms with Crippen LogP contribution in [0.5, 0.6) is 5.75 Å². The number of carbonyl (C=O) groups is 1. The van der Waals surface area contributed by atoms with Crippen LogP contribution in [-0.2, 0) is 10.2 Å². The number of thiophene rings is 1. The van der Waals surface area contributed by atoms with Crippen molar-refractivity contribution in [3.8, 4) is 17.6 Å². The predicted octanol–water partition coefficient (Wildman–Crippen LogP) is 4.52. The topological polar surface area (TPSA) is 38.3 Å². The molecule has 1 fully saturated rings. The fourth-order valence-corrected chi connectivity index (χ4v) is 4.56. The van der Waals surface area contributed by atoms with E-state index in [1.165, 1.54) is 4.88 Å². The van der Waals surface area contributed by atoms with Crippen LogP contribution in [0, 0.1) is 11.8 Å². The van der Waals surface area contributed by atoms with Crippen molar-refractivity contribution in [1.29, 1.82) is 0 Å². The van der Waals surface area contributed by atoms with Gasteiger partial charge in [0, 0.05) is 9.35 Å². The van der Waals surface area contributed by atoms with Crippen LogP contribution >= 0.6 is 27.3 Å². The van der Waals surface area contributed by atoms with Crippen molar-refractivity contribution in [3.63, 3.8) is 0 Å². The number of amides is 1. The lowest BCUT2D eigenvalue weighted by Gasteiger charge is -2.26.